The van der Waals surface area contributed by atoms with E-state index < -0.39 is 5.60 Å². The number of nitrogens with zero attached hydrogens (tertiary/aromatic N) is 1. The van der Waals surface area contributed by atoms with Gasteiger partial charge in [-0.3, -0.25) is 0 Å². The maximum Gasteiger partial charge on any atom is 0.0841 e. The molecule has 1 aromatic heterocycles. The SMILES string of the molecule is CC(C)(O)c1ccc2ccn(C3CCCCC3)c2c1. The van der Waals surface area contributed by atoms with Crippen LogP contribution in [0.2, 0.25) is 0 Å². The van der Waals surface area contributed by atoms with Gasteiger partial charge in [0.05, 0.1) is 5.60 Å². The van der Waals surface area contributed by atoms with E-state index in [0.29, 0.717) is 6.04 Å². The molecule has 0 unspecified atom stereocenters. The molecule has 2 aromatic rings. The summed E-state index contributed by atoms with van der Waals surface area (Å²) in [4.78, 5) is 0. The quantitative estimate of drug-likeness (QED) is 0.849. The van der Waals surface area contributed by atoms with Gasteiger partial charge in [-0.05, 0) is 49.8 Å². The monoisotopic (exact) mass is 257 g/mol. The molecule has 1 fully saturated rings. The molecule has 0 saturated heterocycles. The summed E-state index contributed by atoms with van der Waals surface area (Å²) in [5.41, 5.74) is 1.50. The van der Waals surface area contributed by atoms with Crippen LogP contribution in [0.3, 0.4) is 0 Å². The van der Waals surface area contributed by atoms with Crippen molar-refractivity contribution in [1.29, 1.82) is 0 Å². The molecule has 1 saturated carbocycles. The number of rotatable bonds is 2. The van der Waals surface area contributed by atoms with Crippen LogP contribution in [0.5, 0.6) is 0 Å². The standard InChI is InChI=1S/C17H23NO/c1-17(2,19)14-9-8-13-10-11-18(16(13)12-14)15-6-4-3-5-7-15/h8-12,15,19H,3-7H2,1-2H3. The third kappa shape index (κ3) is 2.42. The summed E-state index contributed by atoms with van der Waals surface area (Å²) in [6, 6.07) is 9.15. The van der Waals surface area contributed by atoms with E-state index in [0.717, 1.165) is 5.56 Å². The highest BCUT2D eigenvalue weighted by molar-refractivity contribution is 5.81. The van der Waals surface area contributed by atoms with Crippen molar-refractivity contribution in [3.63, 3.8) is 0 Å². The van der Waals surface area contributed by atoms with Gasteiger partial charge in [0.1, 0.15) is 0 Å². The zero-order valence-electron chi connectivity index (χ0n) is 11.9. The maximum absolute atomic E-state index is 10.2. The first-order valence-corrected chi connectivity index (χ1v) is 7.39. The first kappa shape index (κ1) is 12.7. The minimum absolute atomic E-state index is 0.642. The van der Waals surface area contributed by atoms with Gasteiger partial charge < -0.3 is 9.67 Å². The highest BCUT2D eigenvalue weighted by Gasteiger charge is 2.19. The Hall–Kier alpha value is -1.28. The van der Waals surface area contributed by atoms with Crippen LogP contribution in [0, 0.1) is 0 Å². The summed E-state index contributed by atoms with van der Waals surface area (Å²) in [5.74, 6) is 0. The van der Waals surface area contributed by atoms with Crippen molar-refractivity contribution in [2.45, 2.75) is 57.6 Å². The van der Waals surface area contributed by atoms with Crippen molar-refractivity contribution in [2.24, 2.45) is 0 Å². The third-order valence-electron chi connectivity index (χ3n) is 4.40. The molecule has 102 valence electrons. The van der Waals surface area contributed by atoms with Crippen LogP contribution in [-0.4, -0.2) is 9.67 Å². The Labute approximate surface area is 115 Å². The first-order valence-electron chi connectivity index (χ1n) is 7.39. The highest BCUT2D eigenvalue weighted by atomic mass is 16.3. The van der Waals surface area contributed by atoms with Crippen LogP contribution >= 0.6 is 0 Å². The van der Waals surface area contributed by atoms with Gasteiger partial charge in [0.2, 0.25) is 0 Å². The number of fused-ring (bicyclic) bond motifs is 1. The van der Waals surface area contributed by atoms with Gasteiger partial charge in [0, 0.05) is 17.8 Å². The summed E-state index contributed by atoms with van der Waals surface area (Å²) in [6.07, 6.45) is 8.86. The average Bonchev–Trinajstić information content (AvgIpc) is 2.81. The lowest BCUT2D eigenvalue weighted by atomic mass is 9.94. The molecular formula is C17H23NO. The number of aromatic nitrogens is 1. The fourth-order valence-corrected chi connectivity index (χ4v) is 3.21. The van der Waals surface area contributed by atoms with Gasteiger partial charge in [-0.25, -0.2) is 0 Å². The van der Waals surface area contributed by atoms with Gasteiger partial charge in [0.25, 0.3) is 0 Å². The Kier molecular flexibility index (Phi) is 3.14. The minimum atomic E-state index is -0.768. The summed E-state index contributed by atoms with van der Waals surface area (Å²) in [6.45, 7) is 3.70. The van der Waals surface area contributed by atoms with Gasteiger partial charge >= 0.3 is 0 Å². The van der Waals surface area contributed by atoms with E-state index in [9.17, 15) is 5.11 Å². The molecule has 1 aromatic carbocycles. The van der Waals surface area contributed by atoms with E-state index in [4.69, 9.17) is 0 Å². The van der Waals surface area contributed by atoms with Crippen molar-refractivity contribution in [1.82, 2.24) is 4.57 Å². The maximum atomic E-state index is 10.2. The zero-order valence-corrected chi connectivity index (χ0v) is 11.9. The molecule has 1 N–H and O–H groups in total. The molecule has 0 aliphatic heterocycles. The zero-order chi connectivity index (χ0) is 13.5. The molecule has 19 heavy (non-hydrogen) atoms. The Bertz CT molecular complexity index is 570. The van der Waals surface area contributed by atoms with Crippen LogP contribution in [0.1, 0.15) is 57.6 Å². The molecule has 1 aliphatic rings. The van der Waals surface area contributed by atoms with Crippen LogP contribution in [-0.2, 0) is 5.60 Å². The molecule has 0 atom stereocenters. The van der Waals surface area contributed by atoms with Gasteiger partial charge in [0.15, 0.2) is 0 Å². The van der Waals surface area contributed by atoms with Crippen LogP contribution in [0.15, 0.2) is 30.5 Å². The lowest BCUT2D eigenvalue weighted by Gasteiger charge is -2.25. The van der Waals surface area contributed by atoms with E-state index >= 15 is 0 Å². The lowest BCUT2D eigenvalue weighted by molar-refractivity contribution is 0.0787. The van der Waals surface area contributed by atoms with Gasteiger partial charge in [-0.2, -0.15) is 0 Å². The molecule has 3 rings (SSSR count). The summed E-state index contributed by atoms with van der Waals surface area (Å²) >= 11 is 0. The molecule has 1 heterocycles. The van der Waals surface area contributed by atoms with Crippen LogP contribution in [0.25, 0.3) is 10.9 Å². The van der Waals surface area contributed by atoms with Crippen molar-refractivity contribution in [2.75, 3.05) is 0 Å². The molecular weight excluding hydrogens is 234 g/mol. The van der Waals surface area contributed by atoms with Crippen LogP contribution < -0.4 is 0 Å². The van der Waals surface area contributed by atoms with E-state index in [1.165, 1.54) is 43.0 Å². The Balaban J connectivity index is 2.05. The fraction of sp³-hybridized carbons (Fsp3) is 0.529. The first-order chi connectivity index (χ1) is 9.05. The summed E-state index contributed by atoms with van der Waals surface area (Å²) < 4.78 is 2.42. The second-order valence-corrected chi connectivity index (χ2v) is 6.35. The van der Waals surface area contributed by atoms with Crippen molar-refractivity contribution < 1.29 is 5.11 Å². The van der Waals surface area contributed by atoms with Crippen molar-refractivity contribution in [3.8, 4) is 0 Å². The van der Waals surface area contributed by atoms with Crippen LogP contribution in [0.4, 0.5) is 0 Å². The predicted octanol–water partition coefficient (Wildman–Crippen LogP) is 4.37. The van der Waals surface area contributed by atoms with Gasteiger partial charge in [-0.15, -0.1) is 0 Å². The lowest BCUT2D eigenvalue weighted by Crippen LogP contribution is -2.16. The second-order valence-electron chi connectivity index (χ2n) is 6.35. The predicted molar refractivity (Wildman–Crippen MR) is 79.3 cm³/mol. The smallest absolute Gasteiger partial charge is 0.0841 e. The van der Waals surface area contributed by atoms with Gasteiger partial charge in [-0.1, -0.05) is 31.4 Å². The molecule has 2 nitrogen and oxygen atoms in total. The fourth-order valence-electron chi connectivity index (χ4n) is 3.21. The Morgan fingerprint density at radius 3 is 2.53 bits per heavy atom. The average molecular weight is 257 g/mol. The second kappa shape index (κ2) is 4.68. The molecule has 0 amide bonds. The van der Waals surface area contributed by atoms with E-state index in [2.05, 4.69) is 29.0 Å². The highest BCUT2D eigenvalue weighted by Crippen LogP contribution is 2.33. The topological polar surface area (TPSA) is 25.2 Å². The summed E-state index contributed by atoms with van der Waals surface area (Å²) in [7, 11) is 0. The van der Waals surface area contributed by atoms with E-state index in [1.54, 1.807) is 0 Å². The van der Waals surface area contributed by atoms with Crippen molar-refractivity contribution >= 4 is 10.9 Å². The Morgan fingerprint density at radius 2 is 1.84 bits per heavy atom. The number of hydrogen-bond donors (Lipinski definition) is 1. The molecule has 1 aliphatic carbocycles. The normalized spacial score (nSPS) is 18.1. The minimum Gasteiger partial charge on any atom is -0.386 e. The Morgan fingerprint density at radius 1 is 1.11 bits per heavy atom. The molecule has 0 bridgehead atoms. The molecule has 0 spiro atoms. The number of benzene rings is 1. The largest absolute Gasteiger partial charge is 0.386 e. The molecule has 2 heteroatoms. The number of hydrogen-bond acceptors (Lipinski definition) is 1. The number of aliphatic hydroxyl groups is 1. The van der Waals surface area contributed by atoms with Crippen molar-refractivity contribution in [3.05, 3.63) is 36.0 Å². The third-order valence-corrected chi connectivity index (χ3v) is 4.40. The molecule has 0 radical (unpaired) electrons. The van der Waals surface area contributed by atoms with E-state index in [1.807, 2.05) is 19.9 Å². The summed E-state index contributed by atoms with van der Waals surface area (Å²) in [5, 5.41) is 11.5. The van der Waals surface area contributed by atoms with E-state index in [-0.39, 0.29) is 0 Å².